The highest BCUT2D eigenvalue weighted by Gasteiger charge is 2.41. The average Bonchev–Trinajstić information content (AvgIpc) is 3.52. The molecule has 2 aliphatic rings. The quantitative estimate of drug-likeness (QED) is 0.392. The van der Waals surface area contributed by atoms with Crippen LogP contribution in [0.1, 0.15) is 67.1 Å². The molecule has 0 aromatic heterocycles. The van der Waals surface area contributed by atoms with Crippen molar-refractivity contribution < 1.29 is 9.90 Å². The Balaban J connectivity index is 1.75. The number of rotatable bonds is 9. The molecule has 170 valence electrons. The number of hydrogen-bond donors (Lipinski definition) is 1. The van der Waals surface area contributed by atoms with Crippen molar-refractivity contribution in [3.63, 3.8) is 0 Å². The number of benzene rings is 2. The van der Waals surface area contributed by atoms with Gasteiger partial charge in [0.1, 0.15) is 0 Å². The highest BCUT2D eigenvalue weighted by molar-refractivity contribution is 8.03. The van der Waals surface area contributed by atoms with Crippen LogP contribution in [0.4, 0.5) is 0 Å². The van der Waals surface area contributed by atoms with Gasteiger partial charge in [0.25, 0.3) is 0 Å². The minimum absolute atomic E-state index is 0.204. The molecule has 4 nitrogen and oxygen atoms in total. The number of carboxylic acids is 1. The van der Waals surface area contributed by atoms with E-state index in [1.807, 2.05) is 42.1 Å². The van der Waals surface area contributed by atoms with Crippen LogP contribution in [0.3, 0.4) is 0 Å². The lowest BCUT2D eigenvalue weighted by Crippen LogP contribution is -2.43. The van der Waals surface area contributed by atoms with E-state index >= 15 is 0 Å². The predicted molar refractivity (Wildman–Crippen MR) is 134 cm³/mol. The predicted octanol–water partition coefficient (Wildman–Crippen LogP) is 7.55. The molecule has 7 heteroatoms. The standard InChI is InChI=1S/C25H28Cl2N2O2S/c1-3-13-28(23(16-5-6-16)17-7-9-18(10-8-17)25(30)31)29-15-32-22(4-2)24(29)20-12-11-19(26)14-21(20)27/h7-12,14,16,23H,3-6,13,15H2,1-2H3,(H,30,31). The summed E-state index contributed by atoms with van der Waals surface area (Å²) in [4.78, 5) is 12.7. The van der Waals surface area contributed by atoms with Gasteiger partial charge in [0.15, 0.2) is 0 Å². The summed E-state index contributed by atoms with van der Waals surface area (Å²) < 4.78 is 0. The first-order valence-electron chi connectivity index (χ1n) is 11.1. The molecule has 1 aliphatic carbocycles. The Kier molecular flexibility index (Phi) is 7.40. The highest BCUT2D eigenvalue weighted by atomic mass is 35.5. The lowest BCUT2D eigenvalue weighted by atomic mass is 9.99. The molecular formula is C25H28Cl2N2O2S. The molecule has 0 amide bonds. The van der Waals surface area contributed by atoms with Crippen LogP contribution < -0.4 is 0 Å². The molecule has 2 aromatic carbocycles. The number of hydrazine groups is 1. The summed E-state index contributed by atoms with van der Waals surface area (Å²) >= 11 is 14.7. The second-order valence-corrected chi connectivity index (χ2v) is 10.2. The van der Waals surface area contributed by atoms with Gasteiger partial charge in [-0.3, -0.25) is 5.01 Å². The molecule has 1 N–H and O–H groups in total. The molecule has 1 atom stereocenters. The van der Waals surface area contributed by atoms with Gasteiger partial charge in [-0.25, -0.2) is 9.80 Å². The van der Waals surface area contributed by atoms with E-state index in [0.29, 0.717) is 21.5 Å². The lowest BCUT2D eigenvalue weighted by Gasteiger charge is -2.41. The fourth-order valence-electron chi connectivity index (χ4n) is 4.42. The van der Waals surface area contributed by atoms with E-state index in [1.165, 1.54) is 29.0 Å². The number of nitrogens with zero attached hydrogens (tertiary/aromatic N) is 2. The van der Waals surface area contributed by atoms with E-state index in [-0.39, 0.29) is 6.04 Å². The first-order valence-corrected chi connectivity index (χ1v) is 12.9. The van der Waals surface area contributed by atoms with Gasteiger partial charge < -0.3 is 5.11 Å². The maximum Gasteiger partial charge on any atom is 0.335 e. The second-order valence-electron chi connectivity index (χ2n) is 8.29. The van der Waals surface area contributed by atoms with Gasteiger partial charge in [-0.1, -0.05) is 49.2 Å². The van der Waals surface area contributed by atoms with Crippen LogP contribution in [0.25, 0.3) is 5.70 Å². The third-order valence-corrected chi connectivity index (χ3v) is 7.79. The maximum absolute atomic E-state index is 11.3. The molecule has 1 unspecified atom stereocenters. The third kappa shape index (κ3) is 4.81. The maximum atomic E-state index is 11.3. The van der Waals surface area contributed by atoms with E-state index in [1.54, 1.807) is 12.1 Å². The van der Waals surface area contributed by atoms with Gasteiger partial charge in [-0.2, -0.15) is 0 Å². The molecule has 2 aromatic rings. The number of halogens is 2. The van der Waals surface area contributed by atoms with Crippen molar-refractivity contribution in [3.8, 4) is 0 Å². The first kappa shape index (κ1) is 23.5. The molecule has 1 fully saturated rings. The topological polar surface area (TPSA) is 43.8 Å². The van der Waals surface area contributed by atoms with Gasteiger partial charge in [0, 0.05) is 22.0 Å². The summed E-state index contributed by atoms with van der Waals surface area (Å²) in [5.41, 5.74) is 3.67. The molecule has 1 heterocycles. The summed E-state index contributed by atoms with van der Waals surface area (Å²) in [6, 6.07) is 13.3. The normalized spacial score (nSPS) is 17.3. The van der Waals surface area contributed by atoms with Gasteiger partial charge in [-0.15, -0.1) is 11.8 Å². The number of aromatic carboxylic acids is 1. The van der Waals surface area contributed by atoms with Gasteiger partial charge in [-0.05, 0) is 67.5 Å². The fourth-order valence-corrected chi connectivity index (χ4v) is 6.03. The molecule has 32 heavy (non-hydrogen) atoms. The summed E-state index contributed by atoms with van der Waals surface area (Å²) in [6.45, 7) is 5.30. The highest BCUT2D eigenvalue weighted by Crippen LogP contribution is 2.50. The van der Waals surface area contributed by atoms with Crippen molar-refractivity contribution in [2.45, 2.75) is 45.6 Å². The molecule has 4 rings (SSSR count). The number of carboxylic acid groups (broad SMARTS) is 1. The molecule has 0 bridgehead atoms. The van der Waals surface area contributed by atoms with Crippen molar-refractivity contribution in [2.24, 2.45) is 5.92 Å². The Morgan fingerprint density at radius 1 is 1.19 bits per heavy atom. The summed E-state index contributed by atoms with van der Waals surface area (Å²) in [6.07, 6.45) is 4.33. The second kappa shape index (κ2) is 10.1. The fraction of sp³-hybridized carbons (Fsp3) is 0.400. The Labute approximate surface area is 204 Å². The largest absolute Gasteiger partial charge is 0.478 e. The van der Waals surface area contributed by atoms with Crippen molar-refractivity contribution in [3.05, 3.63) is 74.1 Å². The number of allylic oxidation sites excluding steroid dienone is 1. The lowest BCUT2D eigenvalue weighted by molar-refractivity contribution is -0.00439. The zero-order valence-corrected chi connectivity index (χ0v) is 20.7. The van der Waals surface area contributed by atoms with Crippen LogP contribution in [-0.4, -0.2) is 33.5 Å². The monoisotopic (exact) mass is 490 g/mol. The minimum Gasteiger partial charge on any atom is -0.478 e. The Morgan fingerprint density at radius 2 is 1.91 bits per heavy atom. The summed E-state index contributed by atoms with van der Waals surface area (Å²) in [7, 11) is 0. The van der Waals surface area contributed by atoms with Crippen LogP contribution >= 0.6 is 35.0 Å². The Bertz CT molecular complexity index is 1020. The van der Waals surface area contributed by atoms with E-state index < -0.39 is 5.97 Å². The smallest absolute Gasteiger partial charge is 0.335 e. The molecule has 0 radical (unpaired) electrons. The van der Waals surface area contributed by atoms with Crippen molar-refractivity contribution in [1.29, 1.82) is 0 Å². The average molecular weight is 491 g/mol. The third-order valence-electron chi connectivity index (χ3n) is 6.04. The summed E-state index contributed by atoms with van der Waals surface area (Å²) in [5.74, 6) is 0.513. The molecule has 0 saturated heterocycles. The van der Waals surface area contributed by atoms with Crippen LogP contribution in [0.5, 0.6) is 0 Å². The van der Waals surface area contributed by atoms with Crippen molar-refractivity contribution >= 4 is 46.6 Å². The Morgan fingerprint density at radius 3 is 2.47 bits per heavy atom. The van der Waals surface area contributed by atoms with Gasteiger partial charge in [0.2, 0.25) is 0 Å². The van der Waals surface area contributed by atoms with Crippen LogP contribution in [0.15, 0.2) is 47.4 Å². The molecule has 1 saturated carbocycles. The van der Waals surface area contributed by atoms with E-state index in [2.05, 4.69) is 23.9 Å². The van der Waals surface area contributed by atoms with E-state index in [9.17, 15) is 9.90 Å². The van der Waals surface area contributed by atoms with Crippen molar-refractivity contribution in [1.82, 2.24) is 10.0 Å². The number of hydrogen-bond acceptors (Lipinski definition) is 4. The van der Waals surface area contributed by atoms with E-state index in [0.717, 1.165) is 30.8 Å². The molecule has 1 aliphatic heterocycles. The minimum atomic E-state index is -0.893. The molecular weight excluding hydrogens is 463 g/mol. The summed E-state index contributed by atoms with van der Waals surface area (Å²) in [5, 5.41) is 15.5. The van der Waals surface area contributed by atoms with Crippen LogP contribution in [0, 0.1) is 5.92 Å². The first-order chi connectivity index (χ1) is 15.4. The van der Waals surface area contributed by atoms with Gasteiger partial charge >= 0.3 is 5.97 Å². The van der Waals surface area contributed by atoms with E-state index in [4.69, 9.17) is 23.2 Å². The van der Waals surface area contributed by atoms with Crippen LogP contribution in [0.2, 0.25) is 10.0 Å². The zero-order chi connectivity index (χ0) is 22.8. The number of thioether (sulfide) groups is 1. The van der Waals surface area contributed by atoms with Gasteiger partial charge in [0.05, 0.1) is 28.2 Å². The Hall–Kier alpha value is -1.66. The SMILES string of the molecule is CCCN(C(c1ccc(C(=O)O)cc1)C1CC1)N1CSC(CC)=C1c1ccc(Cl)cc1Cl. The number of carbonyl (C=O) groups is 1. The molecule has 0 spiro atoms. The van der Waals surface area contributed by atoms with Crippen LogP contribution in [-0.2, 0) is 0 Å². The van der Waals surface area contributed by atoms with Crippen molar-refractivity contribution in [2.75, 3.05) is 12.4 Å². The zero-order valence-electron chi connectivity index (χ0n) is 18.4.